The first-order valence-corrected chi connectivity index (χ1v) is 7.48. The van der Waals surface area contributed by atoms with Crippen LogP contribution in [0.5, 0.6) is 11.5 Å². The Labute approximate surface area is 145 Å². The van der Waals surface area contributed by atoms with Crippen molar-refractivity contribution in [2.45, 2.75) is 6.18 Å². The molecule has 0 unspecified atom stereocenters. The van der Waals surface area contributed by atoms with Crippen LogP contribution in [0.1, 0.15) is 5.56 Å². The van der Waals surface area contributed by atoms with E-state index in [0.29, 0.717) is 11.4 Å². The molecule has 3 rings (SSSR count). The van der Waals surface area contributed by atoms with E-state index in [1.54, 1.807) is 6.07 Å². The third kappa shape index (κ3) is 4.05. The number of hydrogen-bond acceptors (Lipinski definition) is 4. The Morgan fingerprint density at radius 1 is 1.23 bits per heavy atom. The van der Waals surface area contributed by atoms with Crippen LogP contribution in [-0.4, -0.2) is 25.0 Å². The molecule has 0 radical (unpaired) electrons. The number of benzene rings is 2. The first-order chi connectivity index (χ1) is 12.3. The lowest BCUT2D eigenvalue weighted by Gasteiger charge is -2.18. The van der Waals surface area contributed by atoms with Gasteiger partial charge >= 0.3 is 6.18 Å². The first-order valence-electron chi connectivity index (χ1n) is 7.48. The molecule has 0 aromatic heterocycles. The fourth-order valence-corrected chi connectivity index (χ4v) is 2.33. The fourth-order valence-electron chi connectivity index (χ4n) is 2.33. The number of amides is 2. The topological polar surface area (TPSA) is 76.7 Å². The van der Waals surface area contributed by atoms with Gasteiger partial charge in [0.15, 0.2) is 13.2 Å². The molecule has 0 aliphatic carbocycles. The number of ether oxygens (including phenoxy) is 2. The van der Waals surface area contributed by atoms with E-state index < -0.39 is 24.3 Å². The summed E-state index contributed by atoms with van der Waals surface area (Å²) in [5, 5.41) is 4.76. The zero-order valence-corrected chi connectivity index (χ0v) is 13.2. The third-order valence-corrected chi connectivity index (χ3v) is 3.46. The van der Waals surface area contributed by atoms with Gasteiger partial charge in [0, 0.05) is 6.07 Å². The molecule has 1 heterocycles. The minimum Gasteiger partial charge on any atom is -0.484 e. The molecule has 9 heteroatoms. The van der Waals surface area contributed by atoms with Crippen molar-refractivity contribution in [2.75, 3.05) is 23.8 Å². The van der Waals surface area contributed by atoms with Gasteiger partial charge in [0.1, 0.15) is 11.5 Å². The molecule has 0 atom stereocenters. The second-order valence-electron chi connectivity index (χ2n) is 5.38. The number of alkyl halides is 3. The summed E-state index contributed by atoms with van der Waals surface area (Å²) in [5.41, 5.74) is -0.900. The van der Waals surface area contributed by atoms with Crippen LogP contribution < -0.4 is 20.1 Å². The van der Waals surface area contributed by atoms with E-state index >= 15 is 0 Å². The van der Waals surface area contributed by atoms with E-state index in [1.165, 1.54) is 24.3 Å². The molecule has 0 spiro atoms. The SMILES string of the molecule is O=C1COc2ccc(OCC(=O)Nc3ccccc3C(F)(F)F)cc2N1. The van der Waals surface area contributed by atoms with E-state index in [9.17, 15) is 22.8 Å². The van der Waals surface area contributed by atoms with Gasteiger partial charge in [-0.25, -0.2) is 0 Å². The zero-order chi connectivity index (χ0) is 18.7. The molecule has 2 aromatic rings. The van der Waals surface area contributed by atoms with Gasteiger partial charge < -0.3 is 20.1 Å². The number of carbonyl (C=O) groups is 2. The van der Waals surface area contributed by atoms with Crippen molar-refractivity contribution in [3.63, 3.8) is 0 Å². The molecule has 1 aliphatic rings. The molecular weight excluding hydrogens is 353 g/mol. The van der Waals surface area contributed by atoms with Gasteiger partial charge in [-0.15, -0.1) is 0 Å². The highest BCUT2D eigenvalue weighted by molar-refractivity contribution is 5.95. The highest BCUT2D eigenvalue weighted by Crippen LogP contribution is 2.34. The summed E-state index contributed by atoms with van der Waals surface area (Å²) in [6.45, 7) is -0.589. The minimum atomic E-state index is -4.58. The molecule has 2 amide bonds. The third-order valence-electron chi connectivity index (χ3n) is 3.46. The van der Waals surface area contributed by atoms with Crippen molar-refractivity contribution in [3.8, 4) is 11.5 Å². The van der Waals surface area contributed by atoms with E-state index in [4.69, 9.17) is 9.47 Å². The molecule has 2 N–H and O–H groups in total. The van der Waals surface area contributed by atoms with Crippen LogP contribution in [0.2, 0.25) is 0 Å². The quantitative estimate of drug-likeness (QED) is 0.872. The van der Waals surface area contributed by atoms with Crippen molar-refractivity contribution >= 4 is 23.2 Å². The molecule has 1 aliphatic heterocycles. The van der Waals surface area contributed by atoms with E-state index in [1.807, 2.05) is 0 Å². The fraction of sp³-hybridized carbons (Fsp3) is 0.176. The Hall–Kier alpha value is -3.23. The lowest BCUT2D eigenvalue weighted by atomic mass is 10.1. The maximum absolute atomic E-state index is 12.9. The van der Waals surface area contributed by atoms with Crippen molar-refractivity contribution in [1.82, 2.24) is 0 Å². The molecule has 26 heavy (non-hydrogen) atoms. The Balaban J connectivity index is 1.64. The maximum atomic E-state index is 12.9. The molecule has 0 saturated carbocycles. The van der Waals surface area contributed by atoms with E-state index in [0.717, 1.165) is 12.1 Å². The predicted octanol–water partition coefficient (Wildman–Crippen LogP) is 3.05. The average molecular weight is 366 g/mol. The van der Waals surface area contributed by atoms with Gasteiger partial charge in [0.25, 0.3) is 11.8 Å². The number of anilines is 2. The molecule has 0 saturated heterocycles. The normalized spacial score (nSPS) is 13.3. The van der Waals surface area contributed by atoms with Crippen LogP contribution in [0.3, 0.4) is 0 Å². The maximum Gasteiger partial charge on any atom is 0.418 e. The average Bonchev–Trinajstić information content (AvgIpc) is 2.59. The smallest absolute Gasteiger partial charge is 0.418 e. The molecule has 6 nitrogen and oxygen atoms in total. The summed E-state index contributed by atoms with van der Waals surface area (Å²) in [6, 6.07) is 9.20. The number of carbonyl (C=O) groups excluding carboxylic acids is 2. The molecule has 136 valence electrons. The minimum absolute atomic E-state index is 0.0891. The number of hydrogen-bond donors (Lipinski definition) is 2. The van der Waals surface area contributed by atoms with E-state index in [-0.39, 0.29) is 24.0 Å². The number of halogens is 3. The first kappa shape index (κ1) is 17.6. The van der Waals surface area contributed by atoms with Crippen molar-refractivity contribution in [3.05, 3.63) is 48.0 Å². The Kier molecular flexibility index (Phi) is 4.70. The summed E-state index contributed by atoms with van der Waals surface area (Å²) >= 11 is 0. The van der Waals surface area contributed by atoms with Crippen LogP contribution >= 0.6 is 0 Å². The number of para-hydroxylation sites is 1. The van der Waals surface area contributed by atoms with Gasteiger partial charge in [-0.05, 0) is 24.3 Å². The molecular formula is C17H13F3N2O4. The second-order valence-corrected chi connectivity index (χ2v) is 5.38. The molecule has 2 aromatic carbocycles. The largest absolute Gasteiger partial charge is 0.484 e. The monoisotopic (exact) mass is 366 g/mol. The lowest BCUT2D eigenvalue weighted by Crippen LogP contribution is -2.25. The van der Waals surface area contributed by atoms with Crippen LogP contribution in [0, 0.1) is 0 Å². The Bertz CT molecular complexity index is 852. The van der Waals surface area contributed by atoms with Crippen molar-refractivity contribution in [1.29, 1.82) is 0 Å². The van der Waals surface area contributed by atoms with Gasteiger partial charge in [-0.2, -0.15) is 13.2 Å². The van der Waals surface area contributed by atoms with Crippen LogP contribution in [0.4, 0.5) is 24.5 Å². The number of nitrogens with one attached hydrogen (secondary N) is 2. The highest BCUT2D eigenvalue weighted by Gasteiger charge is 2.33. The van der Waals surface area contributed by atoms with E-state index in [2.05, 4.69) is 10.6 Å². The summed E-state index contributed by atoms with van der Waals surface area (Å²) < 4.78 is 49.2. The number of rotatable bonds is 4. The predicted molar refractivity (Wildman–Crippen MR) is 86.1 cm³/mol. The highest BCUT2D eigenvalue weighted by atomic mass is 19.4. The summed E-state index contributed by atoms with van der Waals surface area (Å²) in [5.74, 6) is -0.356. The van der Waals surface area contributed by atoms with Gasteiger partial charge in [-0.1, -0.05) is 12.1 Å². The van der Waals surface area contributed by atoms with Crippen LogP contribution in [-0.2, 0) is 15.8 Å². The molecule has 0 bridgehead atoms. The molecule has 0 fully saturated rings. The Morgan fingerprint density at radius 2 is 2.00 bits per heavy atom. The van der Waals surface area contributed by atoms with Gasteiger partial charge in [0.05, 0.1) is 16.9 Å². The Morgan fingerprint density at radius 3 is 2.77 bits per heavy atom. The number of fused-ring (bicyclic) bond motifs is 1. The van der Waals surface area contributed by atoms with Gasteiger partial charge in [-0.3, -0.25) is 9.59 Å². The lowest BCUT2D eigenvalue weighted by molar-refractivity contribution is -0.137. The van der Waals surface area contributed by atoms with Crippen LogP contribution in [0.15, 0.2) is 42.5 Å². The summed E-state index contributed by atoms with van der Waals surface area (Å²) in [6.07, 6.45) is -4.58. The van der Waals surface area contributed by atoms with Crippen molar-refractivity contribution in [2.24, 2.45) is 0 Å². The second kappa shape index (κ2) is 6.95. The zero-order valence-electron chi connectivity index (χ0n) is 13.2. The van der Waals surface area contributed by atoms with Crippen LogP contribution in [0.25, 0.3) is 0 Å². The summed E-state index contributed by atoms with van der Waals surface area (Å²) in [7, 11) is 0. The van der Waals surface area contributed by atoms with Crippen molar-refractivity contribution < 1.29 is 32.2 Å². The summed E-state index contributed by atoms with van der Waals surface area (Å²) in [4.78, 5) is 23.2. The standard InChI is InChI=1S/C17H13F3N2O4/c18-17(19,20)11-3-1-2-4-12(11)21-15(23)8-25-10-5-6-14-13(7-10)22-16(24)9-26-14/h1-7H,8-9H2,(H,21,23)(H,22,24). The van der Waals surface area contributed by atoms with Gasteiger partial charge in [0.2, 0.25) is 0 Å².